The molecule has 2 aliphatic rings. The molecule has 35 heavy (non-hydrogen) atoms. The number of carbonyl (C=O) groups excluding carboxylic acids is 2. The first-order valence-corrected chi connectivity index (χ1v) is 12.5. The van der Waals surface area contributed by atoms with E-state index in [1.165, 1.54) is 11.8 Å². The largest absolute Gasteiger partial charge is 0.495 e. The molecule has 2 amide bonds. The lowest BCUT2D eigenvalue weighted by Gasteiger charge is -2.31. The van der Waals surface area contributed by atoms with Crippen LogP contribution in [0.2, 0.25) is 0 Å². The molecule has 2 aliphatic heterocycles. The summed E-state index contributed by atoms with van der Waals surface area (Å²) in [5.41, 5.74) is 1.84. The fourth-order valence-electron chi connectivity index (χ4n) is 4.39. The van der Waals surface area contributed by atoms with Gasteiger partial charge in [-0.3, -0.25) is 14.6 Å². The SMILES string of the molecule is COc1cnc2cccc(C(O)C[C@@H]3CC[C@@H](NC(=O)c4ccc5c(n4)NC(=O)CS5)CO3)c2c1. The fraction of sp³-hybridized carbons (Fsp3) is 0.360. The second-order valence-electron chi connectivity index (χ2n) is 8.62. The van der Waals surface area contributed by atoms with Crippen LogP contribution in [0.3, 0.4) is 0 Å². The zero-order chi connectivity index (χ0) is 24.4. The molecule has 1 saturated heterocycles. The Morgan fingerprint density at radius 3 is 3.03 bits per heavy atom. The number of benzene rings is 1. The van der Waals surface area contributed by atoms with Crippen molar-refractivity contribution in [2.24, 2.45) is 0 Å². The van der Waals surface area contributed by atoms with Gasteiger partial charge in [-0.15, -0.1) is 11.8 Å². The molecule has 1 aromatic carbocycles. The van der Waals surface area contributed by atoms with Crippen LogP contribution in [-0.4, -0.2) is 58.5 Å². The van der Waals surface area contributed by atoms with Crippen molar-refractivity contribution in [3.8, 4) is 5.75 Å². The third-order valence-corrected chi connectivity index (χ3v) is 7.28. The molecular formula is C25H26N4O5S. The number of aliphatic hydroxyl groups excluding tert-OH is 1. The van der Waals surface area contributed by atoms with Crippen molar-refractivity contribution in [3.05, 3.63) is 53.9 Å². The molecule has 9 nitrogen and oxygen atoms in total. The highest BCUT2D eigenvalue weighted by Crippen LogP contribution is 2.32. The number of anilines is 1. The van der Waals surface area contributed by atoms with E-state index in [0.29, 0.717) is 36.8 Å². The van der Waals surface area contributed by atoms with Gasteiger partial charge in [-0.25, -0.2) is 4.98 Å². The van der Waals surface area contributed by atoms with Gasteiger partial charge in [0.05, 0.1) is 54.3 Å². The molecule has 0 saturated carbocycles. The molecule has 1 unspecified atom stereocenters. The number of pyridine rings is 2. The van der Waals surface area contributed by atoms with Gasteiger partial charge in [0.1, 0.15) is 17.3 Å². The Labute approximate surface area is 206 Å². The number of fused-ring (bicyclic) bond motifs is 2. The Bertz CT molecular complexity index is 1260. The molecule has 182 valence electrons. The van der Waals surface area contributed by atoms with Crippen molar-refractivity contribution in [1.82, 2.24) is 15.3 Å². The zero-order valence-corrected chi connectivity index (χ0v) is 20.0. The van der Waals surface area contributed by atoms with Crippen molar-refractivity contribution >= 4 is 40.3 Å². The molecule has 10 heteroatoms. The van der Waals surface area contributed by atoms with Gasteiger partial charge in [0.25, 0.3) is 5.91 Å². The predicted octanol–water partition coefficient (Wildman–Crippen LogP) is 3.08. The number of nitrogens with zero attached hydrogens (tertiary/aromatic N) is 2. The monoisotopic (exact) mass is 494 g/mol. The molecule has 5 rings (SSSR count). The summed E-state index contributed by atoms with van der Waals surface area (Å²) in [4.78, 5) is 33.8. The quantitative estimate of drug-likeness (QED) is 0.478. The number of nitrogens with one attached hydrogen (secondary N) is 2. The van der Waals surface area contributed by atoms with E-state index in [2.05, 4.69) is 20.6 Å². The Morgan fingerprint density at radius 1 is 1.34 bits per heavy atom. The number of thioether (sulfide) groups is 1. The number of hydrogen-bond acceptors (Lipinski definition) is 8. The van der Waals surface area contributed by atoms with Crippen LogP contribution in [0.1, 0.15) is 41.4 Å². The van der Waals surface area contributed by atoms with Crippen molar-refractivity contribution in [1.29, 1.82) is 0 Å². The van der Waals surface area contributed by atoms with Gasteiger partial charge in [0.2, 0.25) is 5.91 Å². The molecule has 3 N–H and O–H groups in total. The smallest absolute Gasteiger partial charge is 0.270 e. The second-order valence-corrected chi connectivity index (χ2v) is 9.64. The van der Waals surface area contributed by atoms with E-state index >= 15 is 0 Å². The molecule has 0 aliphatic carbocycles. The van der Waals surface area contributed by atoms with Crippen LogP contribution >= 0.6 is 11.8 Å². The minimum Gasteiger partial charge on any atom is -0.495 e. The van der Waals surface area contributed by atoms with Gasteiger partial charge >= 0.3 is 0 Å². The standard InChI is InChI=1S/C25H26N4O5S/c1-33-16-9-18-17(3-2-4-19(18)26-11-16)21(30)10-15-6-5-14(12-34-15)27-25(32)20-7-8-22-24(28-20)29-23(31)13-35-22/h2-4,7-9,11,14-15,21,30H,5-6,10,12-13H2,1H3,(H,27,32)(H,28,29,31)/t14-,15+,21?/m1/s1. The highest BCUT2D eigenvalue weighted by Gasteiger charge is 2.27. The zero-order valence-electron chi connectivity index (χ0n) is 19.2. The van der Waals surface area contributed by atoms with Crippen LogP contribution in [0.25, 0.3) is 10.9 Å². The number of methoxy groups -OCH3 is 1. The minimum absolute atomic E-state index is 0.124. The van der Waals surface area contributed by atoms with E-state index in [0.717, 1.165) is 27.8 Å². The highest BCUT2D eigenvalue weighted by molar-refractivity contribution is 8.00. The summed E-state index contributed by atoms with van der Waals surface area (Å²) in [7, 11) is 1.59. The van der Waals surface area contributed by atoms with Crippen molar-refractivity contribution < 1.29 is 24.2 Å². The maximum atomic E-state index is 12.7. The van der Waals surface area contributed by atoms with E-state index in [9.17, 15) is 14.7 Å². The van der Waals surface area contributed by atoms with E-state index in [1.54, 1.807) is 25.4 Å². The highest BCUT2D eigenvalue weighted by atomic mass is 32.2. The molecule has 0 radical (unpaired) electrons. The van der Waals surface area contributed by atoms with E-state index in [-0.39, 0.29) is 29.7 Å². The van der Waals surface area contributed by atoms with Gasteiger partial charge in [0.15, 0.2) is 0 Å². The van der Waals surface area contributed by atoms with Gasteiger partial charge in [-0.1, -0.05) is 12.1 Å². The normalized spacial score (nSPS) is 20.6. The van der Waals surface area contributed by atoms with Crippen molar-refractivity contribution in [2.45, 2.75) is 42.4 Å². The summed E-state index contributed by atoms with van der Waals surface area (Å²) >= 11 is 1.40. The summed E-state index contributed by atoms with van der Waals surface area (Å²) in [5.74, 6) is 0.983. The van der Waals surface area contributed by atoms with Crippen LogP contribution in [0.5, 0.6) is 5.75 Å². The Morgan fingerprint density at radius 2 is 2.23 bits per heavy atom. The Kier molecular flexibility index (Phi) is 6.85. The average Bonchev–Trinajstić information content (AvgIpc) is 2.88. The van der Waals surface area contributed by atoms with E-state index in [4.69, 9.17) is 9.47 Å². The van der Waals surface area contributed by atoms with Crippen LogP contribution in [0, 0.1) is 0 Å². The second kappa shape index (κ2) is 10.2. The molecule has 3 aromatic rings. The van der Waals surface area contributed by atoms with Crippen molar-refractivity contribution in [3.63, 3.8) is 0 Å². The third kappa shape index (κ3) is 5.24. The number of aliphatic hydroxyl groups is 1. The maximum Gasteiger partial charge on any atom is 0.270 e. The number of amides is 2. The van der Waals surface area contributed by atoms with Crippen molar-refractivity contribution in [2.75, 3.05) is 24.8 Å². The fourth-order valence-corrected chi connectivity index (χ4v) is 5.14. The van der Waals surface area contributed by atoms with E-state index < -0.39 is 6.10 Å². The first-order valence-electron chi connectivity index (χ1n) is 11.5. The summed E-state index contributed by atoms with van der Waals surface area (Å²) in [6, 6.07) is 10.9. The molecular weight excluding hydrogens is 468 g/mol. The molecule has 3 atom stereocenters. The van der Waals surface area contributed by atoms with Gasteiger partial charge in [0, 0.05) is 11.8 Å². The molecule has 0 spiro atoms. The first kappa shape index (κ1) is 23.5. The summed E-state index contributed by atoms with van der Waals surface area (Å²) in [6.45, 7) is 0.353. The van der Waals surface area contributed by atoms with Crippen LogP contribution < -0.4 is 15.4 Å². The summed E-state index contributed by atoms with van der Waals surface area (Å²) in [5, 5.41) is 17.5. The lowest BCUT2D eigenvalue weighted by Crippen LogP contribution is -2.43. The van der Waals surface area contributed by atoms with Crippen LogP contribution in [-0.2, 0) is 9.53 Å². The predicted molar refractivity (Wildman–Crippen MR) is 132 cm³/mol. The number of rotatable bonds is 6. The molecule has 2 aromatic heterocycles. The minimum atomic E-state index is -0.712. The van der Waals surface area contributed by atoms with Gasteiger partial charge < -0.3 is 25.2 Å². The lowest BCUT2D eigenvalue weighted by atomic mass is 9.95. The van der Waals surface area contributed by atoms with Gasteiger partial charge in [-0.05, 0) is 42.7 Å². The topological polar surface area (TPSA) is 123 Å². The molecule has 4 heterocycles. The number of carbonyl (C=O) groups is 2. The average molecular weight is 495 g/mol. The van der Waals surface area contributed by atoms with Crippen LogP contribution in [0.4, 0.5) is 5.82 Å². The van der Waals surface area contributed by atoms with Crippen LogP contribution in [0.15, 0.2) is 47.5 Å². The Hall–Kier alpha value is -3.21. The maximum absolute atomic E-state index is 12.7. The summed E-state index contributed by atoms with van der Waals surface area (Å²) in [6.07, 6.45) is 2.70. The third-order valence-electron chi connectivity index (χ3n) is 6.23. The number of hydrogen-bond donors (Lipinski definition) is 3. The number of ether oxygens (including phenoxy) is 2. The Balaban J connectivity index is 1.17. The molecule has 1 fully saturated rings. The summed E-state index contributed by atoms with van der Waals surface area (Å²) < 4.78 is 11.3. The van der Waals surface area contributed by atoms with Gasteiger partial charge in [-0.2, -0.15) is 0 Å². The number of aromatic nitrogens is 2. The van der Waals surface area contributed by atoms with E-state index in [1.807, 2.05) is 24.3 Å². The lowest BCUT2D eigenvalue weighted by molar-refractivity contribution is -0.113. The molecule has 0 bridgehead atoms. The first-order chi connectivity index (χ1) is 17.0.